The number of anilines is 1. The summed E-state index contributed by atoms with van der Waals surface area (Å²) in [6, 6.07) is 6.35. The number of hydrogen-bond donors (Lipinski definition) is 2. The molecular formula is C23H26FN3O2S. The first-order valence-corrected chi connectivity index (χ1v) is 11.3. The van der Waals surface area contributed by atoms with Crippen molar-refractivity contribution < 1.29 is 9.18 Å². The van der Waals surface area contributed by atoms with Crippen LogP contribution in [0.2, 0.25) is 0 Å². The Hall–Kier alpha value is -2.41. The van der Waals surface area contributed by atoms with Gasteiger partial charge in [-0.2, -0.15) is 0 Å². The fourth-order valence-electron chi connectivity index (χ4n) is 4.30. The topological polar surface area (TPSA) is 74.8 Å². The van der Waals surface area contributed by atoms with Crippen LogP contribution in [0.1, 0.15) is 63.5 Å². The Kier molecular flexibility index (Phi) is 5.57. The molecule has 2 N–H and O–H groups in total. The van der Waals surface area contributed by atoms with Gasteiger partial charge in [-0.05, 0) is 24.3 Å². The number of benzene rings is 1. The standard InChI is InChI=1S/C23H26FN3O2S/c1-4-5-10-30-22-26-20-19(21(29)27-22)17(13-8-6-7-9-14(13)24)18-15(25-20)11-23(2,3)12-16(18)28/h6-9,17H,4-5,10-12H2,1-3H3,(H2,25,26,27,29). The Morgan fingerprint density at radius 3 is 2.73 bits per heavy atom. The number of hydrogen-bond acceptors (Lipinski definition) is 5. The van der Waals surface area contributed by atoms with Gasteiger partial charge in [0.1, 0.15) is 11.6 Å². The molecule has 1 aromatic heterocycles. The lowest BCUT2D eigenvalue weighted by Crippen LogP contribution is -2.37. The summed E-state index contributed by atoms with van der Waals surface area (Å²) >= 11 is 1.50. The first-order chi connectivity index (χ1) is 14.3. The van der Waals surface area contributed by atoms with Crippen LogP contribution < -0.4 is 10.9 Å². The van der Waals surface area contributed by atoms with E-state index in [1.54, 1.807) is 18.2 Å². The molecule has 1 aliphatic carbocycles. The minimum absolute atomic E-state index is 0.0477. The molecule has 0 amide bonds. The second-order valence-corrected chi connectivity index (χ2v) is 9.83. The van der Waals surface area contributed by atoms with E-state index in [-0.39, 0.29) is 16.8 Å². The van der Waals surface area contributed by atoms with Gasteiger partial charge in [-0.15, -0.1) is 0 Å². The molecule has 0 saturated carbocycles. The minimum Gasteiger partial charge on any atom is -0.343 e. The van der Waals surface area contributed by atoms with Crippen LogP contribution in [-0.4, -0.2) is 21.5 Å². The third kappa shape index (κ3) is 3.83. The molecule has 0 saturated heterocycles. The molecule has 0 fully saturated rings. The van der Waals surface area contributed by atoms with Crippen molar-refractivity contribution in [3.05, 3.63) is 62.8 Å². The van der Waals surface area contributed by atoms with Gasteiger partial charge in [0.15, 0.2) is 10.9 Å². The first kappa shape index (κ1) is 20.8. The molecule has 30 heavy (non-hydrogen) atoms. The van der Waals surface area contributed by atoms with Crippen LogP contribution in [0.15, 0.2) is 45.5 Å². The van der Waals surface area contributed by atoms with E-state index < -0.39 is 11.7 Å². The van der Waals surface area contributed by atoms with Gasteiger partial charge in [-0.25, -0.2) is 9.37 Å². The molecule has 5 nitrogen and oxygen atoms in total. The van der Waals surface area contributed by atoms with Crippen LogP contribution in [0.3, 0.4) is 0 Å². The zero-order chi connectivity index (χ0) is 21.5. The smallest absolute Gasteiger partial charge is 0.257 e. The molecule has 7 heteroatoms. The number of Topliss-reactive ketones (excluding diaryl/α,β-unsaturated/α-hetero) is 1. The van der Waals surface area contributed by atoms with E-state index in [1.165, 1.54) is 17.8 Å². The molecule has 1 aliphatic heterocycles. The highest BCUT2D eigenvalue weighted by Gasteiger charge is 2.43. The van der Waals surface area contributed by atoms with Crippen LogP contribution in [0.25, 0.3) is 0 Å². The van der Waals surface area contributed by atoms with E-state index in [4.69, 9.17) is 0 Å². The summed E-state index contributed by atoms with van der Waals surface area (Å²) in [5.74, 6) is 0.0466. The number of carbonyl (C=O) groups is 1. The number of thioether (sulfide) groups is 1. The van der Waals surface area contributed by atoms with Crippen molar-refractivity contribution in [2.75, 3.05) is 11.1 Å². The largest absolute Gasteiger partial charge is 0.343 e. The third-order valence-corrected chi connectivity index (χ3v) is 6.61. The van der Waals surface area contributed by atoms with Gasteiger partial charge in [0.25, 0.3) is 5.56 Å². The number of aromatic nitrogens is 2. The van der Waals surface area contributed by atoms with Crippen molar-refractivity contribution in [1.29, 1.82) is 0 Å². The van der Waals surface area contributed by atoms with Crippen molar-refractivity contribution in [2.45, 2.75) is 57.5 Å². The van der Waals surface area contributed by atoms with Crippen molar-refractivity contribution in [1.82, 2.24) is 9.97 Å². The van der Waals surface area contributed by atoms with Crippen molar-refractivity contribution in [3.8, 4) is 0 Å². The quantitative estimate of drug-likeness (QED) is 0.399. The molecule has 2 heterocycles. The van der Waals surface area contributed by atoms with E-state index in [9.17, 15) is 14.0 Å². The fourth-order valence-corrected chi connectivity index (χ4v) is 5.24. The first-order valence-electron chi connectivity index (χ1n) is 10.4. The molecular weight excluding hydrogens is 401 g/mol. The molecule has 1 atom stereocenters. The van der Waals surface area contributed by atoms with Crippen LogP contribution in [0.4, 0.5) is 10.2 Å². The highest BCUT2D eigenvalue weighted by molar-refractivity contribution is 7.99. The number of H-pyrrole nitrogens is 1. The van der Waals surface area contributed by atoms with Crippen LogP contribution in [-0.2, 0) is 4.79 Å². The van der Waals surface area contributed by atoms with Gasteiger partial charge in [0.05, 0.1) is 11.5 Å². The van der Waals surface area contributed by atoms with Gasteiger partial charge in [-0.1, -0.05) is 57.2 Å². The van der Waals surface area contributed by atoms with Gasteiger partial charge in [0, 0.05) is 29.0 Å². The number of ketones is 1. The summed E-state index contributed by atoms with van der Waals surface area (Å²) in [5, 5.41) is 3.81. The molecule has 0 radical (unpaired) electrons. The Labute approximate surface area is 179 Å². The average molecular weight is 428 g/mol. The highest BCUT2D eigenvalue weighted by Crippen LogP contribution is 2.48. The molecule has 0 bridgehead atoms. The number of nitrogens with one attached hydrogen (secondary N) is 2. The lowest BCUT2D eigenvalue weighted by atomic mass is 9.69. The number of halogens is 1. The Morgan fingerprint density at radius 2 is 2.00 bits per heavy atom. The number of aromatic amines is 1. The zero-order valence-electron chi connectivity index (χ0n) is 17.5. The van der Waals surface area contributed by atoms with E-state index in [2.05, 4.69) is 22.2 Å². The molecule has 2 aromatic rings. The SMILES string of the molecule is CCCCSc1nc2c(c(=O)[nH]1)C(c1ccccc1F)C1=C(CC(C)(C)CC1=O)N2. The number of rotatable bonds is 5. The summed E-state index contributed by atoms with van der Waals surface area (Å²) in [6.07, 6.45) is 3.09. The molecule has 1 unspecified atom stereocenters. The minimum atomic E-state index is -0.757. The van der Waals surface area contributed by atoms with Crippen molar-refractivity contribution in [3.63, 3.8) is 0 Å². The van der Waals surface area contributed by atoms with Gasteiger partial charge in [0.2, 0.25) is 0 Å². The number of fused-ring (bicyclic) bond motifs is 1. The van der Waals surface area contributed by atoms with Crippen LogP contribution in [0.5, 0.6) is 0 Å². The van der Waals surface area contributed by atoms with Crippen LogP contribution in [0, 0.1) is 11.2 Å². The molecule has 0 spiro atoms. The molecule has 4 rings (SSSR count). The summed E-state index contributed by atoms with van der Waals surface area (Å²) < 4.78 is 14.8. The van der Waals surface area contributed by atoms with Gasteiger partial charge in [-0.3, -0.25) is 9.59 Å². The monoisotopic (exact) mass is 427 g/mol. The fraction of sp³-hybridized carbons (Fsp3) is 0.435. The summed E-state index contributed by atoms with van der Waals surface area (Å²) in [7, 11) is 0. The van der Waals surface area contributed by atoms with Crippen molar-refractivity contribution in [2.24, 2.45) is 5.41 Å². The van der Waals surface area contributed by atoms with E-state index in [0.29, 0.717) is 40.5 Å². The van der Waals surface area contributed by atoms with E-state index in [0.717, 1.165) is 24.3 Å². The Balaban J connectivity index is 1.89. The maximum Gasteiger partial charge on any atom is 0.257 e. The summed E-state index contributed by atoms with van der Waals surface area (Å²) in [6.45, 7) is 6.20. The summed E-state index contributed by atoms with van der Waals surface area (Å²) in [4.78, 5) is 33.7. The predicted molar refractivity (Wildman–Crippen MR) is 117 cm³/mol. The zero-order valence-corrected chi connectivity index (χ0v) is 18.3. The maximum absolute atomic E-state index is 14.8. The summed E-state index contributed by atoms with van der Waals surface area (Å²) in [5.41, 5.74) is 1.35. The molecule has 158 valence electrons. The Morgan fingerprint density at radius 1 is 1.23 bits per heavy atom. The van der Waals surface area contributed by atoms with Crippen molar-refractivity contribution >= 4 is 23.4 Å². The number of nitrogens with zero attached hydrogens (tertiary/aromatic N) is 1. The third-order valence-electron chi connectivity index (χ3n) is 5.65. The number of unbranched alkanes of at least 4 members (excludes halogenated alkanes) is 1. The number of allylic oxidation sites excluding steroid dienone is 2. The normalized spacial score (nSPS) is 19.9. The maximum atomic E-state index is 14.8. The molecule has 1 aromatic carbocycles. The average Bonchev–Trinajstić information content (AvgIpc) is 2.66. The Bertz CT molecular complexity index is 1090. The predicted octanol–water partition coefficient (Wildman–Crippen LogP) is 5.00. The van der Waals surface area contributed by atoms with Gasteiger partial charge < -0.3 is 10.3 Å². The van der Waals surface area contributed by atoms with E-state index in [1.807, 2.05) is 13.8 Å². The second-order valence-electron chi connectivity index (χ2n) is 8.75. The molecule has 2 aliphatic rings. The highest BCUT2D eigenvalue weighted by atomic mass is 32.2. The van der Waals surface area contributed by atoms with Gasteiger partial charge >= 0.3 is 0 Å². The van der Waals surface area contributed by atoms with E-state index >= 15 is 0 Å². The second kappa shape index (κ2) is 8.02. The number of carbonyl (C=O) groups excluding carboxylic acids is 1. The van der Waals surface area contributed by atoms with Crippen LogP contribution >= 0.6 is 11.8 Å². The lowest BCUT2D eigenvalue weighted by Gasteiger charge is -2.38. The lowest BCUT2D eigenvalue weighted by molar-refractivity contribution is -0.118.